The maximum Gasteiger partial charge on any atom is 0.416 e. The normalized spacial score (nSPS) is 12.5. The van der Waals surface area contributed by atoms with Crippen molar-refractivity contribution in [3.8, 4) is 11.1 Å². The summed E-state index contributed by atoms with van der Waals surface area (Å²) in [6.45, 7) is 0. The average Bonchev–Trinajstić information content (AvgIpc) is 2.36. The fourth-order valence-electron chi connectivity index (χ4n) is 1.79. The van der Waals surface area contributed by atoms with Crippen LogP contribution in [0.15, 0.2) is 42.5 Å². The van der Waals surface area contributed by atoms with Crippen LogP contribution in [0.25, 0.3) is 11.1 Å². The monoisotopic (exact) mass is 324 g/mol. The lowest BCUT2D eigenvalue weighted by molar-refractivity contribution is -0.138. The van der Waals surface area contributed by atoms with Gasteiger partial charge in [-0.3, -0.25) is 0 Å². The van der Waals surface area contributed by atoms with Crippen LogP contribution in [-0.2, 0) is 12.4 Å². The van der Waals surface area contributed by atoms with Gasteiger partial charge < -0.3 is 0 Å². The minimum Gasteiger partial charge on any atom is -0.166 e. The molecule has 0 aromatic heterocycles. The minimum absolute atomic E-state index is 0.101. The van der Waals surface area contributed by atoms with Crippen LogP contribution in [0.5, 0.6) is 0 Å². The van der Waals surface area contributed by atoms with E-state index in [0.717, 1.165) is 24.3 Å². The summed E-state index contributed by atoms with van der Waals surface area (Å²) in [5.74, 6) is 0. The van der Waals surface area contributed by atoms with Crippen molar-refractivity contribution in [2.24, 2.45) is 0 Å². The summed E-state index contributed by atoms with van der Waals surface area (Å²) in [5.41, 5.74) is -1.64. The molecular weight excluding hydrogens is 318 g/mol. The molecule has 0 aliphatic carbocycles. The van der Waals surface area contributed by atoms with Crippen molar-refractivity contribution in [3.05, 3.63) is 58.6 Å². The predicted molar refractivity (Wildman–Crippen MR) is 66.9 cm³/mol. The van der Waals surface area contributed by atoms with E-state index < -0.39 is 23.5 Å². The topological polar surface area (TPSA) is 0 Å². The molecule has 2 rings (SSSR count). The van der Waals surface area contributed by atoms with Crippen LogP contribution in [0, 0.1) is 0 Å². The molecule has 112 valence electrons. The van der Waals surface area contributed by atoms with Crippen molar-refractivity contribution in [2.45, 2.75) is 12.4 Å². The van der Waals surface area contributed by atoms with Crippen LogP contribution in [0.3, 0.4) is 0 Å². The van der Waals surface area contributed by atoms with E-state index in [1.165, 1.54) is 12.1 Å². The number of rotatable bonds is 1. The van der Waals surface area contributed by atoms with Gasteiger partial charge >= 0.3 is 12.4 Å². The molecule has 0 amide bonds. The van der Waals surface area contributed by atoms with E-state index in [2.05, 4.69) is 0 Å². The second-order valence-corrected chi connectivity index (χ2v) is 4.68. The third-order valence-corrected chi connectivity index (χ3v) is 3.11. The molecule has 0 fully saturated rings. The number of alkyl halides is 6. The van der Waals surface area contributed by atoms with Gasteiger partial charge in [0.25, 0.3) is 0 Å². The Bertz CT molecular complexity index is 657. The molecule has 0 atom stereocenters. The minimum atomic E-state index is -4.56. The fourth-order valence-corrected chi connectivity index (χ4v) is 2.08. The van der Waals surface area contributed by atoms with Crippen LogP contribution in [0.4, 0.5) is 26.3 Å². The first kappa shape index (κ1) is 15.7. The molecule has 0 bridgehead atoms. The molecule has 0 saturated carbocycles. The third kappa shape index (κ3) is 3.50. The van der Waals surface area contributed by atoms with Crippen LogP contribution >= 0.6 is 11.6 Å². The van der Waals surface area contributed by atoms with Gasteiger partial charge in [0.05, 0.1) is 11.1 Å². The maximum absolute atomic E-state index is 12.6. The molecule has 21 heavy (non-hydrogen) atoms. The summed E-state index contributed by atoms with van der Waals surface area (Å²) in [5, 5.41) is -0.260. The van der Waals surface area contributed by atoms with E-state index >= 15 is 0 Å². The van der Waals surface area contributed by atoms with E-state index in [1.807, 2.05) is 0 Å². The van der Waals surface area contributed by atoms with Gasteiger partial charge in [0, 0.05) is 10.6 Å². The Morgan fingerprint density at radius 3 is 1.81 bits per heavy atom. The van der Waals surface area contributed by atoms with Gasteiger partial charge in [-0.2, -0.15) is 26.3 Å². The zero-order valence-electron chi connectivity index (χ0n) is 10.2. The van der Waals surface area contributed by atoms with Gasteiger partial charge in [0.15, 0.2) is 0 Å². The highest BCUT2D eigenvalue weighted by Crippen LogP contribution is 2.37. The lowest BCUT2D eigenvalue weighted by Gasteiger charge is -2.12. The number of halogens is 7. The fraction of sp³-hybridized carbons (Fsp3) is 0.143. The predicted octanol–water partition coefficient (Wildman–Crippen LogP) is 6.04. The summed E-state index contributed by atoms with van der Waals surface area (Å²) in [7, 11) is 0. The standard InChI is InChI=1S/C14H7ClF6/c15-12-7-10(14(19,20)21)4-5-11(12)8-2-1-3-9(6-8)13(16,17)18/h1-7H. The van der Waals surface area contributed by atoms with Crippen LogP contribution in [0.1, 0.15) is 11.1 Å². The first-order valence-corrected chi connectivity index (χ1v) is 6.01. The van der Waals surface area contributed by atoms with Gasteiger partial charge in [-0.1, -0.05) is 29.8 Å². The van der Waals surface area contributed by atoms with Gasteiger partial charge in [0.2, 0.25) is 0 Å². The van der Waals surface area contributed by atoms with E-state index in [1.54, 1.807) is 0 Å². The SMILES string of the molecule is FC(F)(F)c1cccc(-c2ccc(C(F)(F)F)cc2Cl)c1. The summed E-state index contributed by atoms with van der Waals surface area (Å²) >= 11 is 5.76. The molecule has 0 aliphatic rings. The van der Waals surface area contributed by atoms with Crippen LogP contribution in [-0.4, -0.2) is 0 Å². The smallest absolute Gasteiger partial charge is 0.166 e. The lowest BCUT2D eigenvalue weighted by Crippen LogP contribution is -2.05. The summed E-state index contributed by atoms with van der Waals surface area (Å²) in [6.07, 6.45) is -9.09. The summed E-state index contributed by atoms with van der Waals surface area (Å²) in [4.78, 5) is 0. The van der Waals surface area contributed by atoms with Crippen molar-refractivity contribution in [2.75, 3.05) is 0 Å². The molecule has 0 N–H and O–H groups in total. The average molecular weight is 325 g/mol. The number of benzene rings is 2. The Labute approximate surface area is 121 Å². The maximum atomic E-state index is 12.6. The highest BCUT2D eigenvalue weighted by molar-refractivity contribution is 6.33. The van der Waals surface area contributed by atoms with Crippen molar-refractivity contribution in [1.82, 2.24) is 0 Å². The lowest BCUT2D eigenvalue weighted by atomic mass is 10.0. The van der Waals surface area contributed by atoms with E-state index in [0.29, 0.717) is 6.07 Å². The van der Waals surface area contributed by atoms with E-state index in [4.69, 9.17) is 11.6 Å². The molecule has 0 saturated heterocycles. The van der Waals surface area contributed by atoms with Crippen molar-refractivity contribution in [1.29, 1.82) is 0 Å². The highest BCUT2D eigenvalue weighted by Gasteiger charge is 2.32. The molecule has 0 unspecified atom stereocenters. The zero-order chi connectivity index (χ0) is 15.8. The molecule has 2 aromatic carbocycles. The third-order valence-electron chi connectivity index (χ3n) is 2.80. The van der Waals surface area contributed by atoms with Crippen molar-refractivity contribution in [3.63, 3.8) is 0 Å². The zero-order valence-corrected chi connectivity index (χ0v) is 10.9. The number of hydrogen-bond acceptors (Lipinski definition) is 0. The Morgan fingerprint density at radius 1 is 0.714 bits per heavy atom. The molecular formula is C14H7ClF6. The van der Waals surface area contributed by atoms with Crippen LogP contribution < -0.4 is 0 Å². The Kier molecular flexibility index (Phi) is 3.93. The molecule has 2 aromatic rings. The highest BCUT2D eigenvalue weighted by atomic mass is 35.5. The molecule has 0 radical (unpaired) electrons. The summed E-state index contributed by atoms with van der Waals surface area (Å²) in [6, 6.07) is 6.77. The quantitative estimate of drug-likeness (QED) is 0.561. The van der Waals surface area contributed by atoms with Gasteiger partial charge in [-0.05, 0) is 29.8 Å². The van der Waals surface area contributed by atoms with Crippen molar-refractivity contribution < 1.29 is 26.3 Å². The van der Waals surface area contributed by atoms with Gasteiger partial charge in [-0.25, -0.2) is 0 Å². The Morgan fingerprint density at radius 2 is 1.29 bits per heavy atom. The largest absolute Gasteiger partial charge is 0.416 e. The van der Waals surface area contributed by atoms with E-state index in [-0.39, 0.29) is 16.1 Å². The second kappa shape index (κ2) is 5.26. The Balaban J connectivity index is 2.48. The number of hydrogen-bond donors (Lipinski definition) is 0. The van der Waals surface area contributed by atoms with Gasteiger partial charge in [0.1, 0.15) is 0 Å². The first-order chi connectivity index (χ1) is 9.59. The summed E-state index contributed by atoms with van der Waals surface area (Å²) < 4.78 is 75.4. The molecule has 0 aliphatic heterocycles. The molecule has 7 heteroatoms. The second-order valence-electron chi connectivity index (χ2n) is 4.27. The van der Waals surface area contributed by atoms with Gasteiger partial charge in [-0.15, -0.1) is 0 Å². The van der Waals surface area contributed by atoms with E-state index in [9.17, 15) is 26.3 Å². The molecule has 0 heterocycles. The Hall–Kier alpha value is -1.69. The van der Waals surface area contributed by atoms with Crippen LogP contribution in [0.2, 0.25) is 5.02 Å². The molecule has 0 spiro atoms. The molecule has 0 nitrogen and oxygen atoms in total. The van der Waals surface area contributed by atoms with Crippen molar-refractivity contribution >= 4 is 11.6 Å². The first-order valence-electron chi connectivity index (χ1n) is 5.63.